The summed E-state index contributed by atoms with van der Waals surface area (Å²) in [6.45, 7) is 8.24. The fourth-order valence-electron chi connectivity index (χ4n) is 0.890. The first-order chi connectivity index (χ1) is 5.27. The fourth-order valence-corrected chi connectivity index (χ4v) is 0.890. The lowest BCUT2D eigenvalue weighted by atomic mass is 9.76. The number of aliphatic carboxylic acids is 1. The number of rotatable bonds is 4. The normalized spacial score (nSPS) is 14.8. The van der Waals surface area contributed by atoms with Gasteiger partial charge in [-0.25, -0.2) is 0 Å². The molecule has 72 valence electrons. The third-order valence-corrected chi connectivity index (χ3v) is 2.63. The van der Waals surface area contributed by atoms with Crippen LogP contribution in [0.2, 0.25) is 0 Å². The predicted octanol–water partition coefficient (Wildman–Crippen LogP) is 1.47. The highest BCUT2D eigenvalue weighted by molar-refractivity contribution is 5.73. The Morgan fingerprint density at radius 2 is 1.92 bits per heavy atom. The molecule has 0 rings (SSSR count). The van der Waals surface area contributed by atoms with Gasteiger partial charge < -0.3 is 10.8 Å². The minimum absolute atomic E-state index is 0.00218. The maximum Gasteiger partial charge on any atom is 0.320 e. The van der Waals surface area contributed by atoms with Crippen molar-refractivity contribution in [2.24, 2.45) is 17.1 Å². The van der Waals surface area contributed by atoms with Crippen molar-refractivity contribution in [1.82, 2.24) is 0 Å². The molecule has 0 aromatic carbocycles. The second kappa shape index (κ2) is 3.90. The van der Waals surface area contributed by atoms with Crippen molar-refractivity contribution in [3.8, 4) is 0 Å². The van der Waals surface area contributed by atoms with Crippen LogP contribution in [0.4, 0.5) is 0 Å². The van der Waals surface area contributed by atoms with Gasteiger partial charge in [0, 0.05) is 0 Å². The molecule has 0 saturated heterocycles. The van der Waals surface area contributed by atoms with Crippen molar-refractivity contribution in [2.75, 3.05) is 0 Å². The molecule has 0 heterocycles. The van der Waals surface area contributed by atoms with Crippen LogP contribution >= 0.6 is 0 Å². The molecule has 0 aliphatic carbocycles. The first-order valence-electron chi connectivity index (χ1n) is 4.25. The van der Waals surface area contributed by atoms with Crippen LogP contribution < -0.4 is 5.73 Å². The molecule has 0 aromatic rings. The molecule has 1 unspecified atom stereocenters. The summed E-state index contributed by atoms with van der Waals surface area (Å²) in [7, 11) is 0. The van der Waals surface area contributed by atoms with Crippen molar-refractivity contribution >= 4 is 5.97 Å². The van der Waals surface area contributed by atoms with Gasteiger partial charge in [-0.2, -0.15) is 0 Å². The second-order valence-corrected chi connectivity index (χ2v) is 4.29. The van der Waals surface area contributed by atoms with E-state index in [2.05, 4.69) is 13.8 Å². The standard InChI is InChI=1S/C9H19NO2/c1-6(2)9(3,4)5-7(10)8(11)12/h6-7H,5,10H2,1-4H3,(H,11,12). The average molecular weight is 173 g/mol. The lowest BCUT2D eigenvalue weighted by Crippen LogP contribution is -2.37. The molecule has 3 nitrogen and oxygen atoms in total. The Balaban J connectivity index is 4.15. The van der Waals surface area contributed by atoms with Crippen molar-refractivity contribution in [3.05, 3.63) is 0 Å². The van der Waals surface area contributed by atoms with Crippen LogP contribution in [0.15, 0.2) is 0 Å². The van der Waals surface area contributed by atoms with Crippen molar-refractivity contribution in [2.45, 2.75) is 40.2 Å². The second-order valence-electron chi connectivity index (χ2n) is 4.29. The lowest BCUT2D eigenvalue weighted by molar-refractivity contribution is -0.139. The first-order valence-corrected chi connectivity index (χ1v) is 4.25. The van der Waals surface area contributed by atoms with Gasteiger partial charge in [0.05, 0.1) is 0 Å². The minimum Gasteiger partial charge on any atom is -0.480 e. The summed E-state index contributed by atoms with van der Waals surface area (Å²) >= 11 is 0. The Morgan fingerprint density at radius 1 is 1.50 bits per heavy atom. The van der Waals surface area contributed by atoms with Crippen molar-refractivity contribution in [3.63, 3.8) is 0 Å². The minimum atomic E-state index is -0.913. The van der Waals surface area contributed by atoms with Crippen LogP contribution in [0, 0.1) is 11.3 Å². The highest BCUT2D eigenvalue weighted by Gasteiger charge is 2.27. The summed E-state index contributed by atoms with van der Waals surface area (Å²) in [4.78, 5) is 10.5. The van der Waals surface area contributed by atoms with Crippen molar-refractivity contribution < 1.29 is 9.90 Å². The summed E-state index contributed by atoms with van der Waals surface area (Å²) in [5.74, 6) is -0.466. The van der Waals surface area contributed by atoms with Gasteiger partial charge in [0.25, 0.3) is 0 Å². The molecule has 0 radical (unpaired) electrons. The lowest BCUT2D eigenvalue weighted by Gasteiger charge is -2.30. The van der Waals surface area contributed by atoms with Crippen LogP contribution in [0.25, 0.3) is 0 Å². The van der Waals surface area contributed by atoms with Crippen molar-refractivity contribution in [1.29, 1.82) is 0 Å². The van der Waals surface area contributed by atoms with Crippen LogP contribution in [0.5, 0.6) is 0 Å². The Hall–Kier alpha value is -0.570. The maximum absolute atomic E-state index is 10.5. The molecule has 0 aromatic heterocycles. The SMILES string of the molecule is CC(C)C(C)(C)CC(N)C(=O)O. The third-order valence-electron chi connectivity index (χ3n) is 2.63. The van der Waals surface area contributed by atoms with Crippen LogP contribution in [-0.2, 0) is 4.79 Å². The Morgan fingerprint density at radius 3 is 2.17 bits per heavy atom. The zero-order chi connectivity index (χ0) is 9.94. The van der Waals surface area contributed by atoms with Crippen LogP contribution in [0.3, 0.4) is 0 Å². The van der Waals surface area contributed by atoms with E-state index in [4.69, 9.17) is 10.8 Å². The predicted molar refractivity (Wildman–Crippen MR) is 48.8 cm³/mol. The molecule has 0 aliphatic heterocycles. The highest BCUT2D eigenvalue weighted by Crippen LogP contribution is 2.30. The molecule has 1 atom stereocenters. The number of carbonyl (C=O) groups is 1. The van der Waals surface area contributed by atoms with Gasteiger partial charge in [0.1, 0.15) is 6.04 Å². The molecule has 0 saturated carbocycles. The van der Waals surface area contributed by atoms with E-state index < -0.39 is 12.0 Å². The quantitative estimate of drug-likeness (QED) is 0.676. The number of nitrogens with two attached hydrogens (primary N) is 1. The zero-order valence-corrected chi connectivity index (χ0v) is 8.29. The van der Waals surface area contributed by atoms with Gasteiger partial charge in [-0.05, 0) is 17.8 Å². The van der Waals surface area contributed by atoms with E-state index >= 15 is 0 Å². The molecular formula is C9H19NO2. The Kier molecular flexibility index (Phi) is 3.71. The van der Waals surface area contributed by atoms with E-state index in [1.165, 1.54) is 0 Å². The molecule has 12 heavy (non-hydrogen) atoms. The van der Waals surface area contributed by atoms with Crippen LogP contribution in [0.1, 0.15) is 34.1 Å². The summed E-state index contributed by atoms with van der Waals surface area (Å²) in [5, 5.41) is 8.60. The van der Waals surface area contributed by atoms with E-state index in [0.29, 0.717) is 12.3 Å². The summed E-state index contributed by atoms with van der Waals surface area (Å²) in [5.41, 5.74) is 5.44. The fraction of sp³-hybridized carbons (Fsp3) is 0.889. The molecule has 0 spiro atoms. The van der Waals surface area contributed by atoms with E-state index in [0.717, 1.165) is 0 Å². The monoisotopic (exact) mass is 173 g/mol. The number of carboxylic acid groups (broad SMARTS) is 1. The molecule has 0 amide bonds. The largest absolute Gasteiger partial charge is 0.480 e. The van der Waals surface area contributed by atoms with Gasteiger partial charge >= 0.3 is 5.97 Å². The first kappa shape index (κ1) is 11.4. The van der Waals surface area contributed by atoms with Gasteiger partial charge in [-0.15, -0.1) is 0 Å². The molecule has 3 N–H and O–H groups in total. The topological polar surface area (TPSA) is 63.3 Å². The van der Waals surface area contributed by atoms with E-state index in [1.807, 2.05) is 13.8 Å². The van der Waals surface area contributed by atoms with Gasteiger partial charge in [-0.3, -0.25) is 4.79 Å². The smallest absolute Gasteiger partial charge is 0.320 e. The van der Waals surface area contributed by atoms with Crippen LogP contribution in [-0.4, -0.2) is 17.1 Å². The zero-order valence-electron chi connectivity index (χ0n) is 8.29. The molecule has 0 aliphatic rings. The molecule has 3 heteroatoms. The number of carboxylic acids is 1. The summed E-state index contributed by atoms with van der Waals surface area (Å²) < 4.78 is 0. The van der Waals surface area contributed by atoms with E-state index in [-0.39, 0.29) is 5.41 Å². The Bertz CT molecular complexity index is 164. The summed E-state index contributed by atoms with van der Waals surface area (Å²) in [6, 6.07) is -0.734. The maximum atomic E-state index is 10.5. The molecule has 0 bridgehead atoms. The number of hydrogen-bond acceptors (Lipinski definition) is 2. The molecule has 0 fully saturated rings. The molecular weight excluding hydrogens is 154 g/mol. The summed E-state index contributed by atoms with van der Waals surface area (Å²) in [6.07, 6.45) is 0.528. The van der Waals surface area contributed by atoms with Gasteiger partial charge in [0.2, 0.25) is 0 Å². The van der Waals surface area contributed by atoms with E-state index in [1.54, 1.807) is 0 Å². The van der Waals surface area contributed by atoms with Gasteiger partial charge in [-0.1, -0.05) is 27.7 Å². The third kappa shape index (κ3) is 3.22. The average Bonchev–Trinajstić information content (AvgIpc) is 1.85. The number of hydrogen-bond donors (Lipinski definition) is 2. The van der Waals surface area contributed by atoms with E-state index in [9.17, 15) is 4.79 Å². The van der Waals surface area contributed by atoms with Gasteiger partial charge in [0.15, 0.2) is 0 Å². The highest BCUT2D eigenvalue weighted by atomic mass is 16.4. The Labute approximate surface area is 74.0 Å².